The van der Waals surface area contributed by atoms with Gasteiger partial charge in [0.1, 0.15) is 11.3 Å². The summed E-state index contributed by atoms with van der Waals surface area (Å²) in [5.74, 6) is 1.05. The molecular formula is C22H26N6O2. The molecule has 5 heterocycles. The van der Waals surface area contributed by atoms with Crippen molar-refractivity contribution in [1.82, 2.24) is 24.8 Å². The third-order valence-electron chi connectivity index (χ3n) is 6.06. The van der Waals surface area contributed by atoms with Gasteiger partial charge in [0.05, 0.1) is 0 Å². The standard InChI is InChI=1S/C22H26N6O2/c1-27-10-5-16-2-3-19(25-20(16)27)21(29)24-17-6-11-28(14-17)22-23-9-4-18(26-22)15-7-12-30-13-8-15/h2-5,9-10,15,17H,6-8,11-14H2,1H3,(H,24,29). The van der Waals surface area contributed by atoms with Crippen LogP contribution in [0, 0.1) is 0 Å². The lowest BCUT2D eigenvalue weighted by molar-refractivity contribution is 0.0845. The van der Waals surface area contributed by atoms with Crippen LogP contribution in [-0.2, 0) is 11.8 Å². The zero-order valence-corrected chi connectivity index (χ0v) is 17.1. The summed E-state index contributed by atoms with van der Waals surface area (Å²) in [6, 6.07) is 7.78. The Morgan fingerprint density at radius 1 is 1.13 bits per heavy atom. The summed E-state index contributed by atoms with van der Waals surface area (Å²) < 4.78 is 7.39. The molecule has 30 heavy (non-hydrogen) atoms. The van der Waals surface area contributed by atoms with Gasteiger partial charge in [0.15, 0.2) is 0 Å². The third kappa shape index (κ3) is 3.75. The topological polar surface area (TPSA) is 85.2 Å². The van der Waals surface area contributed by atoms with E-state index in [9.17, 15) is 4.79 Å². The minimum Gasteiger partial charge on any atom is -0.381 e. The summed E-state index contributed by atoms with van der Waals surface area (Å²) in [6.45, 7) is 3.12. The van der Waals surface area contributed by atoms with Crippen molar-refractivity contribution < 1.29 is 9.53 Å². The van der Waals surface area contributed by atoms with Gasteiger partial charge < -0.3 is 19.5 Å². The molecule has 8 nitrogen and oxygen atoms in total. The fraction of sp³-hybridized carbons (Fsp3) is 0.455. The second-order valence-corrected chi connectivity index (χ2v) is 8.11. The summed E-state index contributed by atoms with van der Waals surface area (Å²) in [5, 5.41) is 4.16. The van der Waals surface area contributed by atoms with E-state index in [4.69, 9.17) is 9.72 Å². The zero-order valence-electron chi connectivity index (χ0n) is 17.1. The van der Waals surface area contributed by atoms with Gasteiger partial charge in [-0.2, -0.15) is 0 Å². The number of hydrogen-bond donors (Lipinski definition) is 1. The van der Waals surface area contributed by atoms with E-state index in [1.807, 2.05) is 42.2 Å². The lowest BCUT2D eigenvalue weighted by Gasteiger charge is -2.23. The number of aromatic nitrogens is 4. The Hall–Kier alpha value is -3.00. The van der Waals surface area contributed by atoms with Crippen molar-refractivity contribution in [3.05, 3.63) is 48.0 Å². The maximum absolute atomic E-state index is 12.7. The second-order valence-electron chi connectivity index (χ2n) is 8.11. The quantitative estimate of drug-likeness (QED) is 0.715. The first-order chi connectivity index (χ1) is 14.7. The molecule has 0 aliphatic carbocycles. The number of rotatable bonds is 4. The largest absolute Gasteiger partial charge is 0.381 e. The third-order valence-corrected chi connectivity index (χ3v) is 6.06. The van der Waals surface area contributed by atoms with E-state index in [2.05, 4.69) is 20.2 Å². The van der Waals surface area contributed by atoms with Gasteiger partial charge in [0.2, 0.25) is 5.95 Å². The molecule has 0 bridgehead atoms. The highest BCUT2D eigenvalue weighted by Gasteiger charge is 2.27. The lowest BCUT2D eigenvalue weighted by Crippen LogP contribution is -2.37. The number of anilines is 1. The highest BCUT2D eigenvalue weighted by atomic mass is 16.5. The molecule has 0 spiro atoms. The number of hydrogen-bond acceptors (Lipinski definition) is 6. The Kier molecular flexibility index (Phi) is 5.08. The molecule has 1 unspecified atom stereocenters. The first-order valence-corrected chi connectivity index (χ1v) is 10.6. The van der Waals surface area contributed by atoms with Crippen molar-refractivity contribution in [2.75, 3.05) is 31.2 Å². The van der Waals surface area contributed by atoms with Gasteiger partial charge in [0, 0.05) is 68.8 Å². The van der Waals surface area contributed by atoms with Gasteiger partial charge in [0.25, 0.3) is 5.91 Å². The number of aryl methyl sites for hydroxylation is 1. The molecular weight excluding hydrogens is 380 g/mol. The predicted molar refractivity (Wildman–Crippen MR) is 114 cm³/mol. The van der Waals surface area contributed by atoms with Crippen LogP contribution in [0.2, 0.25) is 0 Å². The monoisotopic (exact) mass is 406 g/mol. The van der Waals surface area contributed by atoms with E-state index in [1.165, 1.54) is 0 Å². The van der Waals surface area contributed by atoms with Crippen molar-refractivity contribution in [2.24, 2.45) is 7.05 Å². The lowest BCUT2D eigenvalue weighted by atomic mass is 9.96. The van der Waals surface area contributed by atoms with Gasteiger partial charge in [-0.25, -0.2) is 15.0 Å². The maximum Gasteiger partial charge on any atom is 0.270 e. The number of amides is 1. The summed E-state index contributed by atoms with van der Waals surface area (Å²) in [4.78, 5) is 28.7. The molecule has 0 saturated carbocycles. The van der Waals surface area contributed by atoms with Gasteiger partial charge >= 0.3 is 0 Å². The number of nitrogens with zero attached hydrogens (tertiary/aromatic N) is 5. The molecule has 1 amide bonds. The molecule has 5 rings (SSSR count). The number of carbonyl (C=O) groups is 1. The molecule has 2 saturated heterocycles. The van der Waals surface area contributed by atoms with Crippen LogP contribution in [0.5, 0.6) is 0 Å². The second kappa shape index (κ2) is 8.02. The van der Waals surface area contributed by atoms with Gasteiger partial charge in [-0.3, -0.25) is 4.79 Å². The Morgan fingerprint density at radius 3 is 2.87 bits per heavy atom. The summed E-state index contributed by atoms with van der Waals surface area (Å²) in [7, 11) is 1.93. The molecule has 8 heteroatoms. The van der Waals surface area contributed by atoms with E-state index in [-0.39, 0.29) is 11.9 Å². The molecule has 0 radical (unpaired) electrons. The molecule has 0 aromatic carbocycles. The Bertz CT molecular complexity index is 1060. The van der Waals surface area contributed by atoms with E-state index >= 15 is 0 Å². The van der Waals surface area contributed by atoms with Crippen molar-refractivity contribution in [3.63, 3.8) is 0 Å². The number of nitrogens with one attached hydrogen (secondary N) is 1. The summed E-state index contributed by atoms with van der Waals surface area (Å²) in [5.41, 5.74) is 2.35. The molecule has 2 fully saturated rings. The number of pyridine rings is 1. The Labute approximate surface area is 175 Å². The highest BCUT2D eigenvalue weighted by Crippen LogP contribution is 2.27. The Balaban J connectivity index is 1.24. The summed E-state index contributed by atoms with van der Waals surface area (Å²) in [6.07, 6.45) is 6.67. The van der Waals surface area contributed by atoms with Crippen LogP contribution >= 0.6 is 0 Å². The van der Waals surface area contributed by atoms with E-state index in [0.717, 1.165) is 61.7 Å². The minimum atomic E-state index is -0.137. The molecule has 1 N–H and O–H groups in total. The molecule has 2 aliphatic rings. The summed E-state index contributed by atoms with van der Waals surface area (Å²) >= 11 is 0. The smallest absolute Gasteiger partial charge is 0.270 e. The minimum absolute atomic E-state index is 0.0544. The normalized spacial score (nSPS) is 20.0. The zero-order chi connectivity index (χ0) is 20.5. The first kappa shape index (κ1) is 19.0. The fourth-order valence-electron chi connectivity index (χ4n) is 4.31. The van der Waals surface area contributed by atoms with Crippen LogP contribution in [0.15, 0.2) is 36.7 Å². The Morgan fingerprint density at radius 2 is 2.00 bits per heavy atom. The van der Waals surface area contributed by atoms with Crippen LogP contribution in [0.3, 0.4) is 0 Å². The van der Waals surface area contributed by atoms with Crippen LogP contribution in [0.4, 0.5) is 5.95 Å². The van der Waals surface area contributed by atoms with Crippen molar-refractivity contribution >= 4 is 22.9 Å². The molecule has 3 aromatic rings. The van der Waals surface area contributed by atoms with Gasteiger partial charge in [-0.05, 0) is 43.5 Å². The molecule has 3 aromatic heterocycles. The molecule has 2 aliphatic heterocycles. The van der Waals surface area contributed by atoms with Crippen LogP contribution < -0.4 is 10.2 Å². The van der Waals surface area contributed by atoms with E-state index in [1.54, 1.807) is 6.07 Å². The van der Waals surface area contributed by atoms with Crippen molar-refractivity contribution in [1.29, 1.82) is 0 Å². The average Bonchev–Trinajstić information content (AvgIpc) is 3.41. The van der Waals surface area contributed by atoms with Crippen molar-refractivity contribution in [3.8, 4) is 0 Å². The SMILES string of the molecule is Cn1ccc2ccc(C(=O)NC3CCN(c4nccc(C5CCOCC5)n4)C3)nc21. The predicted octanol–water partition coefficient (Wildman–Crippen LogP) is 2.27. The molecule has 156 valence electrons. The van der Waals surface area contributed by atoms with Crippen molar-refractivity contribution in [2.45, 2.75) is 31.2 Å². The van der Waals surface area contributed by atoms with E-state index < -0.39 is 0 Å². The average molecular weight is 406 g/mol. The number of ether oxygens (including phenoxy) is 1. The maximum atomic E-state index is 12.7. The fourth-order valence-corrected chi connectivity index (χ4v) is 4.31. The molecule has 1 atom stereocenters. The van der Waals surface area contributed by atoms with Gasteiger partial charge in [-0.15, -0.1) is 0 Å². The number of fused-ring (bicyclic) bond motifs is 1. The van der Waals surface area contributed by atoms with Gasteiger partial charge in [-0.1, -0.05) is 0 Å². The van der Waals surface area contributed by atoms with Crippen LogP contribution in [0.1, 0.15) is 41.4 Å². The first-order valence-electron chi connectivity index (χ1n) is 10.6. The van der Waals surface area contributed by atoms with Crippen LogP contribution in [-0.4, -0.2) is 57.8 Å². The van der Waals surface area contributed by atoms with E-state index in [0.29, 0.717) is 18.2 Å². The highest BCUT2D eigenvalue weighted by molar-refractivity contribution is 5.94. The van der Waals surface area contributed by atoms with Crippen LogP contribution in [0.25, 0.3) is 11.0 Å². The number of carbonyl (C=O) groups excluding carboxylic acids is 1.